The molecule has 0 bridgehead atoms. The van der Waals surface area contributed by atoms with E-state index in [-0.39, 0.29) is 4.90 Å². The minimum Gasteiger partial charge on any atom is -0.494 e. The number of esters is 1. The Hall–Kier alpha value is -3.17. The summed E-state index contributed by atoms with van der Waals surface area (Å²) >= 11 is 0. The molecule has 0 heterocycles. The maximum atomic E-state index is 12.6. The van der Waals surface area contributed by atoms with Crippen LogP contribution in [-0.4, -0.2) is 50.9 Å². The minimum absolute atomic E-state index is 0.0780. The molecule has 0 aliphatic carbocycles. The van der Waals surface area contributed by atoms with Crippen molar-refractivity contribution in [2.24, 2.45) is 0 Å². The van der Waals surface area contributed by atoms with Crippen LogP contribution in [0.25, 0.3) is 6.08 Å². The van der Waals surface area contributed by atoms with Crippen molar-refractivity contribution >= 4 is 33.7 Å². The number of nitrogens with one attached hydrogen (secondary N) is 1. The number of ether oxygens (including phenoxy) is 2. The molecule has 32 heavy (non-hydrogen) atoms. The van der Waals surface area contributed by atoms with Gasteiger partial charge < -0.3 is 14.8 Å². The van der Waals surface area contributed by atoms with Gasteiger partial charge in [-0.2, -0.15) is 4.31 Å². The van der Waals surface area contributed by atoms with Crippen LogP contribution in [0.1, 0.15) is 26.3 Å². The smallest absolute Gasteiger partial charge is 0.331 e. The second-order valence-electron chi connectivity index (χ2n) is 6.61. The Morgan fingerprint density at radius 3 is 2.34 bits per heavy atom. The average Bonchev–Trinajstić information content (AvgIpc) is 2.78. The molecule has 0 spiro atoms. The van der Waals surface area contributed by atoms with Crippen molar-refractivity contribution in [3.05, 3.63) is 60.2 Å². The van der Waals surface area contributed by atoms with Crippen LogP contribution < -0.4 is 10.1 Å². The summed E-state index contributed by atoms with van der Waals surface area (Å²) in [6, 6.07) is 13.1. The molecular formula is C23H28N2O6S. The van der Waals surface area contributed by atoms with Gasteiger partial charge in [-0.1, -0.05) is 32.0 Å². The first-order valence-corrected chi connectivity index (χ1v) is 11.7. The predicted octanol–water partition coefficient (Wildman–Crippen LogP) is 3.31. The lowest BCUT2D eigenvalue weighted by molar-refractivity contribution is -0.142. The summed E-state index contributed by atoms with van der Waals surface area (Å²) in [5, 5.41) is 2.54. The zero-order valence-corrected chi connectivity index (χ0v) is 19.2. The number of sulfonamides is 1. The summed E-state index contributed by atoms with van der Waals surface area (Å²) in [4.78, 5) is 24.1. The van der Waals surface area contributed by atoms with Crippen LogP contribution in [0.3, 0.4) is 0 Å². The summed E-state index contributed by atoms with van der Waals surface area (Å²) < 4.78 is 36.9. The van der Waals surface area contributed by atoms with Gasteiger partial charge in [0.1, 0.15) is 5.75 Å². The van der Waals surface area contributed by atoms with E-state index in [1.54, 1.807) is 50.3 Å². The van der Waals surface area contributed by atoms with E-state index in [1.165, 1.54) is 28.6 Å². The van der Waals surface area contributed by atoms with E-state index in [4.69, 9.17) is 9.47 Å². The topological polar surface area (TPSA) is 102 Å². The number of carbonyl (C=O) groups excluding carboxylic acids is 2. The van der Waals surface area contributed by atoms with Crippen LogP contribution in [0.4, 0.5) is 5.69 Å². The van der Waals surface area contributed by atoms with E-state index in [2.05, 4.69) is 5.32 Å². The van der Waals surface area contributed by atoms with Crippen LogP contribution in [-0.2, 0) is 24.3 Å². The number of benzene rings is 2. The van der Waals surface area contributed by atoms with Crippen molar-refractivity contribution in [2.45, 2.75) is 25.7 Å². The SMILES string of the molecule is CCOc1ccc(/C=C/C(=O)OCC(=O)Nc2cccc(S(=O)(=O)N(CC)CC)c2)cc1. The van der Waals surface area contributed by atoms with Gasteiger partial charge in [-0.15, -0.1) is 0 Å². The average molecular weight is 461 g/mol. The number of rotatable bonds is 11. The highest BCUT2D eigenvalue weighted by molar-refractivity contribution is 7.89. The maximum absolute atomic E-state index is 12.6. The molecule has 0 radical (unpaired) electrons. The molecule has 0 aliphatic rings. The molecule has 0 aliphatic heterocycles. The molecule has 2 aromatic carbocycles. The number of carbonyl (C=O) groups is 2. The fraction of sp³-hybridized carbons (Fsp3) is 0.304. The molecule has 8 nitrogen and oxygen atoms in total. The van der Waals surface area contributed by atoms with Crippen molar-refractivity contribution in [2.75, 3.05) is 31.6 Å². The van der Waals surface area contributed by atoms with Crippen LogP contribution in [0.5, 0.6) is 5.75 Å². The Morgan fingerprint density at radius 1 is 1.03 bits per heavy atom. The Balaban J connectivity index is 1.90. The second kappa shape index (κ2) is 12.0. The molecule has 0 aromatic heterocycles. The zero-order valence-electron chi connectivity index (χ0n) is 18.4. The molecule has 0 fully saturated rings. The van der Waals surface area contributed by atoms with Crippen molar-refractivity contribution in [3.63, 3.8) is 0 Å². The third-order valence-electron chi connectivity index (χ3n) is 4.41. The third-order valence-corrected chi connectivity index (χ3v) is 6.46. The van der Waals surface area contributed by atoms with Crippen LogP contribution in [0.15, 0.2) is 59.5 Å². The van der Waals surface area contributed by atoms with Gasteiger partial charge in [0.25, 0.3) is 5.91 Å². The largest absolute Gasteiger partial charge is 0.494 e. The number of amides is 1. The molecule has 1 amide bonds. The van der Waals surface area contributed by atoms with Crippen LogP contribution in [0, 0.1) is 0 Å². The van der Waals surface area contributed by atoms with Crippen LogP contribution in [0.2, 0.25) is 0 Å². The van der Waals surface area contributed by atoms with Gasteiger partial charge in [0.15, 0.2) is 6.61 Å². The van der Waals surface area contributed by atoms with E-state index in [9.17, 15) is 18.0 Å². The minimum atomic E-state index is -3.65. The molecule has 2 aromatic rings. The highest BCUT2D eigenvalue weighted by atomic mass is 32.2. The predicted molar refractivity (Wildman–Crippen MR) is 123 cm³/mol. The fourth-order valence-corrected chi connectivity index (χ4v) is 4.34. The maximum Gasteiger partial charge on any atom is 0.331 e. The molecule has 9 heteroatoms. The Labute approximate surface area is 188 Å². The fourth-order valence-electron chi connectivity index (χ4n) is 2.83. The lowest BCUT2D eigenvalue weighted by Gasteiger charge is -2.18. The summed E-state index contributed by atoms with van der Waals surface area (Å²) in [6.45, 7) is 6.16. The van der Waals surface area contributed by atoms with Gasteiger partial charge in [-0.05, 0) is 48.9 Å². The summed E-state index contributed by atoms with van der Waals surface area (Å²) in [5.74, 6) is -0.519. The summed E-state index contributed by atoms with van der Waals surface area (Å²) in [5.41, 5.74) is 1.07. The monoisotopic (exact) mass is 460 g/mol. The van der Waals surface area contributed by atoms with Crippen molar-refractivity contribution in [1.82, 2.24) is 4.31 Å². The second-order valence-corrected chi connectivity index (χ2v) is 8.55. The van der Waals surface area contributed by atoms with Crippen molar-refractivity contribution < 1.29 is 27.5 Å². The lowest BCUT2D eigenvalue weighted by Crippen LogP contribution is -2.30. The molecule has 2 rings (SSSR count). The summed E-state index contributed by atoms with van der Waals surface area (Å²) in [6.07, 6.45) is 2.79. The highest BCUT2D eigenvalue weighted by Crippen LogP contribution is 2.19. The summed E-state index contributed by atoms with van der Waals surface area (Å²) in [7, 11) is -3.65. The van der Waals surface area contributed by atoms with E-state index in [0.717, 1.165) is 11.3 Å². The van der Waals surface area contributed by atoms with Gasteiger partial charge in [-0.3, -0.25) is 4.79 Å². The van der Waals surface area contributed by atoms with Crippen molar-refractivity contribution in [3.8, 4) is 5.75 Å². The molecule has 0 unspecified atom stereocenters. The number of hydrogen-bond donors (Lipinski definition) is 1. The van der Waals surface area contributed by atoms with Gasteiger partial charge >= 0.3 is 5.97 Å². The van der Waals surface area contributed by atoms with Gasteiger partial charge in [-0.25, -0.2) is 13.2 Å². The molecular weight excluding hydrogens is 432 g/mol. The Bertz CT molecular complexity index is 1040. The third kappa shape index (κ3) is 7.21. The molecule has 0 saturated heterocycles. The first-order chi connectivity index (χ1) is 15.3. The molecule has 1 N–H and O–H groups in total. The highest BCUT2D eigenvalue weighted by Gasteiger charge is 2.21. The number of anilines is 1. The van der Waals surface area contributed by atoms with Crippen LogP contribution >= 0.6 is 0 Å². The Kier molecular flexibility index (Phi) is 9.42. The van der Waals surface area contributed by atoms with E-state index < -0.39 is 28.5 Å². The Morgan fingerprint density at radius 2 is 1.72 bits per heavy atom. The lowest BCUT2D eigenvalue weighted by atomic mass is 10.2. The standard InChI is InChI=1S/C23H28N2O6S/c1-4-25(5-2)32(28,29)21-9-7-8-19(16-21)24-22(26)17-31-23(27)15-12-18-10-13-20(14-11-18)30-6-3/h7-16H,4-6,17H2,1-3H3,(H,24,26)/b15-12+. The first-order valence-electron chi connectivity index (χ1n) is 10.3. The van der Waals surface area contributed by atoms with Gasteiger partial charge in [0, 0.05) is 24.9 Å². The normalized spacial score (nSPS) is 11.5. The van der Waals surface area contributed by atoms with Gasteiger partial charge in [0.05, 0.1) is 11.5 Å². The first kappa shape index (κ1) is 25.1. The quantitative estimate of drug-likeness (QED) is 0.408. The molecule has 0 atom stereocenters. The zero-order chi connectivity index (χ0) is 23.6. The van der Waals surface area contributed by atoms with E-state index in [0.29, 0.717) is 25.4 Å². The number of nitrogens with zero attached hydrogens (tertiary/aromatic N) is 1. The number of hydrogen-bond acceptors (Lipinski definition) is 6. The van der Waals surface area contributed by atoms with Crippen molar-refractivity contribution in [1.29, 1.82) is 0 Å². The molecule has 0 saturated carbocycles. The molecule has 172 valence electrons. The van der Waals surface area contributed by atoms with E-state index in [1.807, 2.05) is 6.92 Å². The van der Waals surface area contributed by atoms with E-state index >= 15 is 0 Å². The van der Waals surface area contributed by atoms with Gasteiger partial charge in [0.2, 0.25) is 10.0 Å².